The SMILES string of the molecule is Cc1nn(C)cc1CN1CCC(C(C)C)CC1. The predicted molar refractivity (Wildman–Crippen MR) is 70.8 cm³/mol. The van der Waals surface area contributed by atoms with E-state index in [1.165, 1.54) is 37.2 Å². The average Bonchev–Trinajstić information content (AvgIpc) is 2.58. The number of nitrogens with zero attached hydrogens (tertiary/aromatic N) is 3. The standard InChI is InChI=1S/C14H25N3/c1-11(2)13-5-7-17(8-6-13)10-14-9-16(4)15-12(14)3/h9,11,13H,5-8,10H2,1-4H3. The lowest BCUT2D eigenvalue weighted by Gasteiger charge is -2.33. The van der Waals surface area contributed by atoms with E-state index in [2.05, 4.69) is 37.0 Å². The third-order valence-electron chi connectivity index (χ3n) is 4.08. The Morgan fingerprint density at radius 3 is 2.47 bits per heavy atom. The van der Waals surface area contributed by atoms with Crippen LogP contribution in [-0.2, 0) is 13.6 Å². The molecule has 2 rings (SSSR count). The number of piperidine rings is 1. The molecule has 0 atom stereocenters. The van der Waals surface area contributed by atoms with E-state index in [1.54, 1.807) is 0 Å². The maximum absolute atomic E-state index is 4.41. The molecule has 1 fully saturated rings. The highest BCUT2D eigenvalue weighted by atomic mass is 15.3. The van der Waals surface area contributed by atoms with E-state index in [9.17, 15) is 0 Å². The van der Waals surface area contributed by atoms with Crippen LogP contribution in [0.25, 0.3) is 0 Å². The van der Waals surface area contributed by atoms with Gasteiger partial charge in [0.1, 0.15) is 0 Å². The lowest BCUT2D eigenvalue weighted by molar-refractivity contribution is 0.152. The third-order valence-corrected chi connectivity index (χ3v) is 4.08. The second-order valence-electron chi connectivity index (χ2n) is 5.77. The first-order chi connectivity index (χ1) is 8.06. The van der Waals surface area contributed by atoms with Crippen LogP contribution in [0.2, 0.25) is 0 Å². The van der Waals surface area contributed by atoms with Crippen molar-refractivity contribution in [2.45, 2.75) is 40.2 Å². The summed E-state index contributed by atoms with van der Waals surface area (Å²) < 4.78 is 1.92. The van der Waals surface area contributed by atoms with Crippen LogP contribution in [-0.4, -0.2) is 27.8 Å². The number of hydrogen-bond acceptors (Lipinski definition) is 2. The monoisotopic (exact) mass is 235 g/mol. The summed E-state index contributed by atoms with van der Waals surface area (Å²) in [6.07, 6.45) is 4.87. The Labute approximate surface area is 105 Å². The van der Waals surface area contributed by atoms with Crippen LogP contribution < -0.4 is 0 Å². The quantitative estimate of drug-likeness (QED) is 0.803. The summed E-state index contributed by atoms with van der Waals surface area (Å²) in [6.45, 7) is 10.4. The van der Waals surface area contributed by atoms with E-state index >= 15 is 0 Å². The molecule has 17 heavy (non-hydrogen) atoms. The Bertz CT molecular complexity index is 360. The summed E-state index contributed by atoms with van der Waals surface area (Å²) in [5, 5.41) is 4.41. The minimum absolute atomic E-state index is 0.845. The minimum atomic E-state index is 0.845. The van der Waals surface area contributed by atoms with E-state index in [4.69, 9.17) is 0 Å². The molecule has 0 N–H and O–H groups in total. The van der Waals surface area contributed by atoms with Crippen LogP contribution >= 0.6 is 0 Å². The van der Waals surface area contributed by atoms with Gasteiger partial charge in [0.15, 0.2) is 0 Å². The Hall–Kier alpha value is -0.830. The fraction of sp³-hybridized carbons (Fsp3) is 0.786. The van der Waals surface area contributed by atoms with Gasteiger partial charge in [0, 0.05) is 25.4 Å². The van der Waals surface area contributed by atoms with Gasteiger partial charge in [-0.05, 0) is 44.7 Å². The molecule has 0 amide bonds. The molecule has 1 saturated heterocycles. The second-order valence-corrected chi connectivity index (χ2v) is 5.77. The average molecular weight is 235 g/mol. The van der Waals surface area contributed by atoms with Crippen LogP contribution in [0.1, 0.15) is 37.9 Å². The maximum atomic E-state index is 4.41. The van der Waals surface area contributed by atoms with E-state index in [0.717, 1.165) is 18.4 Å². The van der Waals surface area contributed by atoms with Crippen LogP contribution in [0.4, 0.5) is 0 Å². The first-order valence-corrected chi connectivity index (χ1v) is 6.77. The number of aryl methyl sites for hydroxylation is 2. The third kappa shape index (κ3) is 3.09. The van der Waals surface area contributed by atoms with Crippen molar-refractivity contribution < 1.29 is 0 Å². The molecule has 1 aromatic heterocycles. The topological polar surface area (TPSA) is 21.1 Å². The lowest BCUT2D eigenvalue weighted by atomic mass is 9.86. The fourth-order valence-corrected chi connectivity index (χ4v) is 2.82. The van der Waals surface area contributed by atoms with E-state index in [1.807, 2.05) is 11.7 Å². The number of hydrogen-bond donors (Lipinski definition) is 0. The zero-order valence-electron chi connectivity index (χ0n) is 11.6. The molecule has 0 spiro atoms. The van der Waals surface area contributed by atoms with Crippen molar-refractivity contribution in [3.8, 4) is 0 Å². The summed E-state index contributed by atoms with van der Waals surface area (Å²) in [4.78, 5) is 2.57. The number of likely N-dealkylation sites (tertiary alicyclic amines) is 1. The highest BCUT2D eigenvalue weighted by Crippen LogP contribution is 2.25. The van der Waals surface area contributed by atoms with Gasteiger partial charge in [0.25, 0.3) is 0 Å². The molecule has 0 bridgehead atoms. The summed E-state index contributed by atoms with van der Waals surface area (Å²) >= 11 is 0. The number of rotatable bonds is 3. The normalized spacial score (nSPS) is 19.1. The van der Waals surface area contributed by atoms with Crippen molar-refractivity contribution in [2.24, 2.45) is 18.9 Å². The van der Waals surface area contributed by atoms with Gasteiger partial charge in [0.2, 0.25) is 0 Å². The molecular formula is C14H25N3. The van der Waals surface area contributed by atoms with Gasteiger partial charge in [-0.2, -0.15) is 5.10 Å². The summed E-state index contributed by atoms with van der Waals surface area (Å²) in [6, 6.07) is 0. The Morgan fingerprint density at radius 2 is 2.00 bits per heavy atom. The molecule has 0 aliphatic carbocycles. The van der Waals surface area contributed by atoms with Crippen molar-refractivity contribution in [1.82, 2.24) is 14.7 Å². The van der Waals surface area contributed by atoms with Gasteiger partial charge in [-0.25, -0.2) is 0 Å². The predicted octanol–water partition coefficient (Wildman–Crippen LogP) is 2.60. The zero-order valence-corrected chi connectivity index (χ0v) is 11.6. The molecule has 0 radical (unpaired) electrons. The van der Waals surface area contributed by atoms with Crippen molar-refractivity contribution in [2.75, 3.05) is 13.1 Å². The van der Waals surface area contributed by atoms with E-state index < -0.39 is 0 Å². The largest absolute Gasteiger partial charge is 0.299 e. The Balaban J connectivity index is 1.88. The Morgan fingerprint density at radius 1 is 1.35 bits per heavy atom. The van der Waals surface area contributed by atoms with E-state index in [0.29, 0.717) is 0 Å². The highest BCUT2D eigenvalue weighted by Gasteiger charge is 2.22. The molecule has 1 aliphatic rings. The van der Waals surface area contributed by atoms with E-state index in [-0.39, 0.29) is 0 Å². The summed E-state index contributed by atoms with van der Waals surface area (Å²) in [5.74, 6) is 1.78. The van der Waals surface area contributed by atoms with Crippen LogP contribution in [0.5, 0.6) is 0 Å². The Kier molecular flexibility index (Phi) is 3.87. The molecule has 3 nitrogen and oxygen atoms in total. The maximum Gasteiger partial charge on any atom is 0.0638 e. The van der Waals surface area contributed by atoms with Crippen molar-refractivity contribution in [3.63, 3.8) is 0 Å². The van der Waals surface area contributed by atoms with Gasteiger partial charge >= 0.3 is 0 Å². The van der Waals surface area contributed by atoms with Crippen molar-refractivity contribution >= 4 is 0 Å². The molecule has 0 aromatic carbocycles. The molecule has 96 valence electrons. The summed E-state index contributed by atoms with van der Waals surface area (Å²) in [5.41, 5.74) is 2.56. The first kappa shape index (κ1) is 12.6. The molecule has 1 aliphatic heterocycles. The number of aromatic nitrogens is 2. The molecule has 0 saturated carbocycles. The van der Waals surface area contributed by atoms with Crippen LogP contribution in [0.15, 0.2) is 6.20 Å². The van der Waals surface area contributed by atoms with Gasteiger partial charge < -0.3 is 0 Å². The van der Waals surface area contributed by atoms with Gasteiger partial charge in [0.05, 0.1) is 5.69 Å². The van der Waals surface area contributed by atoms with Gasteiger partial charge in [-0.3, -0.25) is 9.58 Å². The fourth-order valence-electron chi connectivity index (χ4n) is 2.82. The van der Waals surface area contributed by atoms with Crippen LogP contribution in [0.3, 0.4) is 0 Å². The zero-order chi connectivity index (χ0) is 12.4. The summed E-state index contributed by atoms with van der Waals surface area (Å²) in [7, 11) is 2.00. The molecule has 2 heterocycles. The van der Waals surface area contributed by atoms with Crippen LogP contribution in [0, 0.1) is 18.8 Å². The molecule has 0 unspecified atom stereocenters. The van der Waals surface area contributed by atoms with Crippen molar-refractivity contribution in [3.05, 3.63) is 17.5 Å². The first-order valence-electron chi connectivity index (χ1n) is 6.77. The van der Waals surface area contributed by atoms with Gasteiger partial charge in [-0.15, -0.1) is 0 Å². The molecular weight excluding hydrogens is 210 g/mol. The molecule has 3 heteroatoms. The van der Waals surface area contributed by atoms with Gasteiger partial charge in [-0.1, -0.05) is 13.8 Å². The highest BCUT2D eigenvalue weighted by molar-refractivity contribution is 5.15. The molecule has 1 aromatic rings. The second kappa shape index (κ2) is 5.21. The smallest absolute Gasteiger partial charge is 0.0638 e. The lowest BCUT2D eigenvalue weighted by Crippen LogP contribution is -2.34. The minimum Gasteiger partial charge on any atom is -0.299 e. The van der Waals surface area contributed by atoms with Crippen molar-refractivity contribution in [1.29, 1.82) is 0 Å².